The summed E-state index contributed by atoms with van der Waals surface area (Å²) in [5.74, 6) is -3.33. The highest BCUT2D eigenvalue weighted by atomic mass is 32.2. The number of sulfone groups is 1. The van der Waals surface area contributed by atoms with Crippen molar-refractivity contribution < 1.29 is 71.6 Å². The van der Waals surface area contributed by atoms with Crippen LogP contribution in [0.15, 0.2) is 35.4 Å². The minimum Gasteiger partial charge on any atom is -0.459 e. The van der Waals surface area contributed by atoms with Gasteiger partial charge in [-0.2, -0.15) is 0 Å². The number of carbonyl (C=O) groups excluding carboxylic acids is 1. The lowest BCUT2D eigenvalue weighted by molar-refractivity contribution is -0.302. The van der Waals surface area contributed by atoms with E-state index in [0.29, 0.717) is 50.0 Å². The lowest BCUT2D eigenvalue weighted by atomic mass is 9.68. The third-order valence-corrected chi connectivity index (χ3v) is 19.6. The Kier molecular flexibility index (Phi) is 20.2. The number of hydrogen-bond donors (Lipinski definition) is 5. The van der Waals surface area contributed by atoms with Crippen LogP contribution in [0.1, 0.15) is 131 Å². The number of likely N-dealkylation sites (N-methyl/N-ethyl adjacent to an activating group) is 2. The SMILES string of the molecule is CC[C@H]1OC(=O)[C@H](C)[C@@H](C2C[C@@](C)(OC)[C@@H](O)[C@H](C)O2)[C@H](C)[C@@H](O[C@@H]2O[C@H](C)C[C@H](N(C)CCc3cn([C@H](CF)[C@H](OC)c4ccc(S(=O)(=O)C5CC5)cc4)nn3)[C@H]2O)[C@](C)(O)C[C@@H](C)CN(C)[C@H](C)[C@@H](O)[C@]1(C)O. The topological polar surface area (TPSA) is 245 Å². The van der Waals surface area contributed by atoms with Crippen molar-refractivity contribution >= 4 is 15.8 Å². The van der Waals surface area contributed by atoms with E-state index in [4.69, 9.17) is 28.4 Å². The summed E-state index contributed by atoms with van der Waals surface area (Å²) in [7, 11) is 3.28. The second-order valence-corrected chi connectivity index (χ2v) is 25.6. The van der Waals surface area contributed by atoms with E-state index in [-0.39, 0.29) is 35.3 Å². The molecule has 4 aliphatic rings. The van der Waals surface area contributed by atoms with Gasteiger partial charge in [-0.1, -0.05) is 45.0 Å². The largest absolute Gasteiger partial charge is 0.459 e. The molecule has 3 saturated heterocycles. The minimum atomic E-state index is -3.40. The molecule has 6 rings (SSSR count). The van der Waals surface area contributed by atoms with Gasteiger partial charge in [-0.3, -0.25) is 4.79 Å². The van der Waals surface area contributed by atoms with Gasteiger partial charge in [0.15, 0.2) is 16.1 Å². The zero-order valence-corrected chi connectivity index (χ0v) is 47.6. The molecule has 0 amide bonds. The van der Waals surface area contributed by atoms with Crippen LogP contribution >= 0.6 is 0 Å². The van der Waals surface area contributed by atoms with Crippen molar-refractivity contribution in [3.63, 3.8) is 0 Å². The maximum Gasteiger partial charge on any atom is 0.309 e. The van der Waals surface area contributed by atoms with Gasteiger partial charge in [0.05, 0.1) is 57.4 Å². The number of cyclic esters (lactones) is 1. The summed E-state index contributed by atoms with van der Waals surface area (Å²) in [5, 5.41) is 68.5. The van der Waals surface area contributed by atoms with Crippen LogP contribution in [0.3, 0.4) is 0 Å². The first-order chi connectivity index (χ1) is 35.1. The maximum atomic E-state index is 14.9. The molecule has 428 valence electrons. The molecule has 75 heavy (non-hydrogen) atoms. The quantitative estimate of drug-likeness (QED) is 0.148. The van der Waals surface area contributed by atoms with Gasteiger partial charge >= 0.3 is 5.97 Å². The van der Waals surface area contributed by atoms with Gasteiger partial charge < -0.3 is 63.8 Å². The fraction of sp³-hybridized carbons (Fsp3) is 0.833. The van der Waals surface area contributed by atoms with Crippen LogP contribution in [0, 0.1) is 23.7 Å². The van der Waals surface area contributed by atoms with Gasteiger partial charge in [0.25, 0.3) is 0 Å². The Morgan fingerprint density at radius 3 is 2.21 bits per heavy atom. The summed E-state index contributed by atoms with van der Waals surface area (Å²) in [4.78, 5) is 18.8. The molecule has 2 aromatic rings. The summed E-state index contributed by atoms with van der Waals surface area (Å²) in [6.07, 6.45) is -5.40. The summed E-state index contributed by atoms with van der Waals surface area (Å²) < 4.78 is 79.8. The Bertz CT molecular complexity index is 2270. The Balaban J connectivity index is 1.26. The number of carbonyl (C=O) groups is 1. The highest BCUT2D eigenvalue weighted by molar-refractivity contribution is 7.92. The average Bonchev–Trinajstić information content (AvgIpc) is 4.13. The first-order valence-electron chi connectivity index (χ1n) is 27.0. The average molecular weight is 1080 g/mol. The molecule has 1 aliphatic carbocycles. The van der Waals surface area contributed by atoms with Gasteiger partial charge in [-0.05, 0) is 117 Å². The number of esters is 1. The fourth-order valence-electron chi connectivity index (χ4n) is 12.5. The first-order valence-corrected chi connectivity index (χ1v) is 28.6. The van der Waals surface area contributed by atoms with Gasteiger partial charge in [-0.15, -0.1) is 5.10 Å². The monoisotopic (exact) mass is 1080 g/mol. The van der Waals surface area contributed by atoms with Crippen molar-refractivity contribution in [2.45, 2.75) is 220 Å². The number of ether oxygens (including phenoxy) is 6. The number of halogens is 1. The highest BCUT2D eigenvalue weighted by Gasteiger charge is 2.55. The summed E-state index contributed by atoms with van der Waals surface area (Å²) in [6.45, 7) is 17.7. The van der Waals surface area contributed by atoms with Gasteiger partial charge in [0.2, 0.25) is 0 Å². The number of aliphatic hydroxyl groups is 5. The Morgan fingerprint density at radius 2 is 1.63 bits per heavy atom. The predicted octanol–water partition coefficient (Wildman–Crippen LogP) is 4.21. The molecule has 5 N–H and O–H groups in total. The predicted molar refractivity (Wildman–Crippen MR) is 277 cm³/mol. The highest BCUT2D eigenvalue weighted by Crippen LogP contribution is 2.45. The van der Waals surface area contributed by atoms with Crippen molar-refractivity contribution in [2.75, 3.05) is 48.1 Å². The third kappa shape index (κ3) is 13.5. The molecule has 0 radical (unpaired) electrons. The van der Waals surface area contributed by atoms with Gasteiger partial charge in [0, 0.05) is 64.3 Å². The van der Waals surface area contributed by atoms with Crippen LogP contribution in [0.25, 0.3) is 0 Å². The van der Waals surface area contributed by atoms with E-state index >= 15 is 0 Å². The Morgan fingerprint density at radius 1 is 0.973 bits per heavy atom. The van der Waals surface area contributed by atoms with Crippen molar-refractivity contribution in [3.8, 4) is 0 Å². The standard InChI is InChI=1S/C54H90FN5O14S/c1-15-43-54(10,66)47(62)34(6)59(12)28-30(2)25-52(8,65)49(32(4)44(33(5)50(64)73-43)42-26-53(9,70-14)48(63)35(7)72-42)74-51-45(61)40(24-31(3)71-51)58(11)23-22-37-29-60(57-56-37)41(27-55)46(69-13)36-16-18-38(19-17-36)75(67,68)39-20-21-39/h16-19,29-35,39-49,51,61-63,65-66H,15,20-28H2,1-14H3/t30-,31-,32+,33-,34-,35+,40+,41-,42?,43-,44+,45-,46-,47-,48+,49-,51+,52-,53-,54-/m1/s1. The summed E-state index contributed by atoms with van der Waals surface area (Å²) in [6, 6.07) is 4.38. The second kappa shape index (κ2) is 24.7. The van der Waals surface area contributed by atoms with Crippen molar-refractivity contribution in [3.05, 3.63) is 41.7 Å². The minimum absolute atomic E-state index is 0.160. The molecule has 1 unspecified atom stereocenters. The van der Waals surface area contributed by atoms with Crippen LogP contribution in [0.5, 0.6) is 0 Å². The van der Waals surface area contributed by atoms with Crippen LogP contribution in [-0.4, -0.2) is 202 Å². The molecule has 0 spiro atoms. The molecular formula is C54H90FN5O14S. The van der Waals surface area contributed by atoms with Crippen LogP contribution in [-0.2, 0) is 49.5 Å². The lowest BCUT2D eigenvalue weighted by Crippen LogP contribution is -2.62. The Labute approximate surface area is 444 Å². The number of benzene rings is 1. The molecule has 1 saturated carbocycles. The number of alkyl halides is 1. The molecule has 1 aromatic heterocycles. The summed E-state index contributed by atoms with van der Waals surface area (Å²) in [5.41, 5.74) is -3.40. The van der Waals surface area contributed by atoms with E-state index in [0.717, 1.165) is 0 Å². The van der Waals surface area contributed by atoms with Gasteiger partial charge in [0.1, 0.15) is 48.8 Å². The number of rotatable bonds is 16. The molecule has 19 nitrogen and oxygen atoms in total. The van der Waals surface area contributed by atoms with Crippen LogP contribution < -0.4 is 0 Å². The van der Waals surface area contributed by atoms with Crippen LogP contribution in [0.2, 0.25) is 0 Å². The fourth-order valence-corrected chi connectivity index (χ4v) is 14.1. The van der Waals surface area contributed by atoms with E-state index in [2.05, 4.69) is 10.3 Å². The molecule has 20 atom stereocenters. The van der Waals surface area contributed by atoms with E-state index < -0.39 is 136 Å². The number of aliphatic hydroxyl groups excluding tert-OH is 3. The first kappa shape index (κ1) is 61.4. The van der Waals surface area contributed by atoms with Gasteiger partial charge in [-0.25, -0.2) is 17.5 Å². The molecule has 1 aromatic carbocycles. The molecule has 21 heteroatoms. The lowest BCUT2D eigenvalue weighted by Gasteiger charge is -2.51. The smallest absolute Gasteiger partial charge is 0.309 e. The number of nitrogens with zero attached hydrogens (tertiary/aromatic N) is 5. The van der Waals surface area contributed by atoms with Crippen molar-refractivity contribution in [1.29, 1.82) is 0 Å². The number of methoxy groups -OCH3 is 2. The summed E-state index contributed by atoms with van der Waals surface area (Å²) >= 11 is 0. The van der Waals surface area contributed by atoms with Crippen LogP contribution in [0.4, 0.5) is 4.39 Å². The second-order valence-electron chi connectivity index (χ2n) is 23.4. The van der Waals surface area contributed by atoms with E-state index in [1.807, 2.05) is 44.7 Å². The van der Waals surface area contributed by atoms with E-state index in [9.17, 15) is 43.1 Å². The third-order valence-electron chi connectivity index (χ3n) is 17.3. The van der Waals surface area contributed by atoms with Crippen molar-refractivity contribution in [2.24, 2.45) is 23.7 Å². The maximum absolute atomic E-state index is 14.9. The number of aromatic nitrogens is 3. The molecular weight excluding hydrogens is 994 g/mol. The Hall–Kier alpha value is -2.77. The zero-order chi connectivity index (χ0) is 55.7. The van der Waals surface area contributed by atoms with Crippen molar-refractivity contribution in [1.82, 2.24) is 24.8 Å². The molecule has 3 aliphatic heterocycles. The number of hydrogen-bond acceptors (Lipinski definition) is 18. The molecule has 0 bridgehead atoms. The van der Waals surface area contributed by atoms with E-state index in [1.54, 1.807) is 59.9 Å². The normalized spacial score (nSPS) is 40.1. The van der Waals surface area contributed by atoms with E-state index in [1.165, 1.54) is 38.0 Å². The molecule has 4 heterocycles. The molecule has 4 fully saturated rings. The zero-order valence-electron chi connectivity index (χ0n) is 46.8.